The molecule has 0 heterocycles. The number of carboxylic acids is 1. The molecule has 0 amide bonds. The van der Waals surface area contributed by atoms with E-state index in [2.05, 4.69) is 44.2 Å². The van der Waals surface area contributed by atoms with E-state index in [0.717, 1.165) is 44.1 Å². The highest BCUT2D eigenvalue weighted by Gasteiger charge is 2.13. The summed E-state index contributed by atoms with van der Waals surface area (Å²) in [5, 5.41) is 9.46. The first-order valence-electron chi connectivity index (χ1n) is 8.58. The minimum atomic E-state index is -0.813. The Hall–Kier alpha value is -2.09. The van der Waals surface area contributed by atoms with E-state index in [9.17, 15) is 9.90 Å². The van der Waals surface area contributed by atoms with Crippen LogP contribution in [0.3, 0.4) is 0 Å². The molecule has 0 aliphatic rings. The van der Waals surface area contributed by atoms with Crippen molar-refractivity contribution in [1.82, 2.24) is 0 Å². The van der Waals surface area contributed by atoms with Crippen LogP contribution in [-0.2, 0) is 25.7 Å². The van der Waals surface area contributed by atoms with E-state index >= 15 is 0 Å². The van der Waals surface area contributed by atoms with E-state index in [0.29, 0.717) is 5.56 Å². The van der Waals surface area contributed by atoms with Crippen LogP contribution in [0, 0.1) is 0 Å². The lowest BCUT2D eigenvalue weighted by molar-refractivity contribution is 0.0695. The van der Waals surface area contributed by atoms with Crippen molar-refractivity contribution in [1.29, 1.82) is 0 Å². The van der Waals surface area contributed by atoms with Crippen molar-refractivity contribution in [2.45, 2.75) is 52.4 Å². The van der Waals surface area contributed by atoms with Gasteiger partial charge in [-0.2, -0.15) is 0 Å². The quantitative estimate of drug-likeness (QED) is 0.738. The van der Waals surface area contributed by atoms with Crippen LogP contribution in [0.2, 0.25) is 0 Å². The number of benzene rings is 2. The minimum absolute atomic E-state index is 0.472. The number of carbonyl (C=O) groups is 1. The van der Waals surface area contributed by atoms with Gasteiger partial charge in [-0.25, -0.2) is 4.79 Å². The van der Waals surface area contributed by atoms with Gasteiger partial charge >= 0.3 is 5.97 Å². The highest BCUT2D eigenvalue weighted by molar-refractivity contribution is 5.89. The van der Waals surface area contributed by atoms with E-state index in [1.807, 2.05) is 6.07 Å². The van der Waals surface area contributed by atoms with Gasteiger partial charge in [-0.05, 0) is 60.4 Å². The smallest absolute Gasteiger partial charge is 0.335 e. The number of aromatic carboxylic acids is 1. The molecule has 0 aliphatic heterocycles. The zero-order valence-electron chi connectivity index (χ0n) is 14.1. The Labute approximate surface area is 139 Å². The van der Waals surface area contributed by atoms with Gasteiger partial charge in [0.15, 0.2) is 0 Å². The molecule has 2 aromatic rings. The number of hydrogen-bond donors (Lipinski definition) is 1. The Bertz CT molecular complexity index is 659. The minimum Gasteiger partial charge on any atom is -0.478 e. The van der Waals surface area contributed by atoms with Gasteiger partial charge in [-0.1, -0.05) is 56.7 Å². The topological polar surface area (TPSA) is 37.3 Å². The molecule has 23 heavy (non-hydrogen) atoms. The fourth-order valence-corrected chi connectivity index (χ4v) is 3.13. The van der Waals surface area contributed by atoms with Gasteiger partial charge in [0.1, 0.15) is 0 Å². The van der Waals surface area contributed by atoms with E-state index in [1.54, 1.807) is 6.07 Å². The molecule has 0 saturated carbocycles. The van der Waals surface area contributed by atoms with Crippen LogP contribution in [0.4, 0.5) is 0 Å². The van der Waals surface area contributed by atoms with Gasteiger partial charge < -0.3 is 5.11 Å². The van der Waals surface area contributed by atoms with E-state index < -0.39 is 5.97 Å². The molecule has 122 valence electrons. The van der Waals surface area contributed by atoms with Gasteiger partial charge in [-0.15, -0.1) is 0 Å². The number of rotatable bonds is 8. The van der Waals surface area contributed by atoms with Crippen molar-refractivity contribution in [2.75, 3.05) is 0 Å². The Kier molecular flexibility index (Phi) is 6.40. The summed E-state index contributed by atoms with van der Waals surface area (Å²) in [4.78, 5) is 11.5. The van der Waals surface area contributed by atoms with Gasteiger partial charge in [0, 0.05) is 0 Å². The van der Waals surface area contributed by atoms with Crippen molar-refractivity contribution in [3.05, 3.63) is 70.3 Å². The molecule has 2 aromatic carbocycles. The summed E-state index contributed by atoms with van der Waals surface area (Å²) in [7, 11) is 0. The molecule has 1 N–H and O–H groups in total. The monoisotopic (exact) mass is 310 g/mol. The molecule has 2 nitrogen and oxygen atoms in total. The number of carboxylic acid groups (broad SMARTS) is 1. The standard InChI is InChI=1S/C21H26O2/c1-3-5-12-19-18(11-8-13-20(19)21(22)23)15-14-17-10-7-6-9-16(17)4-2/h6-11,13H,3-5,12,14-15H2,1-2H3,(H,22,23). The second-order valence-corrected chi connectivity index (χ2v) is 5.97. The van der Waals surface area contributed by atoms with Crippen molar-refractivity contribution in [3.8, 4) is 0 Å². The maximum absolute atomic E-state index is 11.5. The zero-order chi connectivity index (χ0) is 16.7. The van der Waals surface area contributed by atoms with E-state index in [-0.39, 0.29) is 0 Å². The Balaban J connectivity index is 2.24. The van der Waals surface area contributed by atoms with E-state index in [4.69, 9.17) is 0 Å². The second kappa shape index (κ2) is 8.52. The van der Waals surface area contributed by atoms with Crippen molar-refractivity contribution >= 4 is 5.97 Å². The lowest BCUT2D eigenvalue weighted by Gasteiger charge is -2.14. The van der Waals surface area contributed by atoms with Crippen LogP contribution in [0.5, 0.6) is 0 Å². The summed E-state index contributed by atoms with van der Waals surface area (Å²) >= 11 is 0. The molecule has 0 spiro atoms. The molecule has 0 saturated heterocycles. The highest BCUT2D eigenvalue weighted by Crippen LogP contribution is 2.21. The van der Waals surface area contributed by atoms with Crippen LogP contribution in [-0.4, -0.2) is 11.1 Å². The summed E-state index contributed by atoms with van der Waals surface area (Å²) in [6.45, 7) is 4.32. The van der Waals surface area contributed by atoms with Crippen LogP contribution in [0.25, 0.3) is 0 Å². The normalized spacial score (nSPS) is 10.7. The summed E-state index contributed by atoms with van der Waals surface area (Å²) in [5.74, 6) is -0.813. The molecule has 0 bridgehead atoms. The van der Waals surface area contributed by atoms with Gasteiger partial charge in [-0.3, -0.25) is 0 Å². The zero-order valence-corrected chi connectivity index (χ0v) is 14.1. The lowest BCUT2D eigenvalue weighted by Crippen LogP contribution is -2.07. The molecule has 2 heteroatoms. The SMILES string of the molecule is CCCCc1c(CCc2ccccc2CC)cccc1C(=O)O. The average molecular weight is 310 g/mol. The predicted octanol–water partition coefficient (Wildman–Crippen LogP) is 5.08. The van der Waals surface area contributed by atoms with Crippen LogP contribution in [0.1, 0.15) is 59.3 Å². The third-order valence-electron chi connectivity index (χ3n) is 4.45. The first-order chi connectivity index (χ1) is 11.2. The fraction of sp³-hybridized carbons (Fsp3) is 0.381. The van der Waals surface area contributed by atoms with Crippen LogP contribution in [0.15, 0.2) is 42.5 Å². The maximum Gasteiger partial charge on any atom is 0.335 e. The van der Waals surface area contributed by atoms with Crippen molar-refractivity contribution in [2.24, 2.45) is 0 Å². The molecule has 0 radical (unpaired) electrons. The average Bonchev–Trinajstić information content (AvgIpc) is 2.58. The molecule has 0 aromatic heterocycles. The fourth-order valence-electron chi connectivity index (χ4n) is 3.13. The molecule has 0 unspecified atom stereocenters. The van der Waals surface area contributed by atoms with E-state index in [1.165, 1.54) is 16.7 Å². The Morgan fingerprint density at radius 1 is 0.870 bits per heavy atom. The molecule has 0 aliphatic carbocycles. The maximum atomic E-state index is 11.5. The van der Waals surface area contributed by atoms with Gasteiger partial charge in [0.25, 0.3) is 0 Å². The predicted molar refractivity (Wildman–Crippen MR) is 95.2 cm³/mol. The van der Waals surface area contributed by atoms with Gasteiger partial charge in [0.2, 0.25) is 0 Å². The molecule has 0 fully saturated rings. The molecule has 0 atom stereocenters. The number of hydrogen-bond acceptors (Lipinski definition) is 1. The summed E-state index contributed by atoms with van der Waals surface area (Å²) in [6.07, 6.45) is 5.86. The summed E-state index contributed by atoms with van der Waals surface area (Å²) in [6, 6.07) is 14.2. The van der Waals surface area contributed by atoms with Gasteiger partial charge in [0.05, 0.1) is 5.56 Å². The summed E-state index contributed by atoms with van der Waals surface area (Å²) in [5.41, 5.74) is 5.44. The van der Waals surface area contributed by atoms with Crippen LogP contribution < -0.4 is 0 Å². The second-order valence-electron chi connectivity index (χ2n) is 5.97. The first kappa shape index (κ1) is 17.3. The number of unbranched alkanes of at least 4 members (excludes halogenated alkanes) is 1. The Morgan fingerprint density at radius 2 is 1.52 bits per heavy atom. The third kappa shape index (κ3) is 4.44. The summed E-state index contributed by atoms with van der Waals surface area (Å²) < 4.78 is 0. The molecular weight excluding hydrogens is 284 g/mol. The first-order valence-corrected chi connectivity index (χ1v) is 8.58. The molecular formula is C21H26O2. The Morgan fingerprint density at radius 3 is 2.17 bits per heavy atom. The largest absolute Gasteiger partial charge is 0.478 e. The highest BCUT2D eigenvalue weighted by atomic mass is 16.4. The van der Waals surface area contributed by atoms with Crippen molar-refractivity contribution < 1.29 is 9.90 Å². The van der Waals surface area contributed by atoms with Crippen molar-refractivity contribution in [3.63, 3.8) is 0 Å². The van der Waals surface area contributed by atoms with Crippen LogP contribution >= 0.6 is 0 Å². The third-order valence-corrected chi connectivity index (χ3v) is 4.45. The molecule has 2 rings (SSSR count). The lowest BCUT2D eigenvalue weighted by atomic mass is 9.91. The number of aryl methyl sites for hydroxylation is 3.